The third kappa shape index (κ3) is 1.32. The normalized spacial score (nSPS) is 19.9. The number of anilines is 1. The highest BCUT2D eigenvalue weighted by Crippen LogP contribution is 2.21. The van der Waals surface area contributed by atoms with Gasteiger partial charge in [0.05, 0.1) is 0 Å². The number of nitrogens with zero attached hydrogens (tertiary/aromatic N) is 1. The van der Waals surface area contributed by atoms with Crippen molar-refractivity contribution in [3.63, 3.8) is 0 Å². The largest absolute Gasteiger partial charge is 0.355 e. The molecular formula is C9H10N2S. The monoisotopic (exact) mass is 178 g/mol. The van der Waals surface area contributed by atoms with Crippen molar-refractivity contribution in [1.82, 2.24) is 0 Å². The van der Waals surface area contributed by atoms with Crippen molar-refractivity contribution < 1.29 is 0 Å². The molecule has 62 valence electrons. The van der Waals surface area contributed by atoms with Crippen molar-refractivity contribution in [1.29, 1.82) is 0 Å². The van der Waals surface area contributed by atoms with Crippen LogP contribution in [0.3, 0.4) is 0 Å². The molecular weight excluding hydrogens is 168 g/mol. The summed E-state index contributed by atoms with van der Waals surface area (Å²) in [5, 5.41) is 3.31. The Kier molecular flexibility index (Phi) is 2.04. The molecule has 0 bridgehead atoms. The predicted octanol–water partition coefficient (Wildman–Crippen LogP) is 2.18. The summed E-state index contributed by atoms with van der Waals surface area (Å²) in [6, 6.07) is 8.18. The first-order chi connectivity index (χ1) is 5.90. The molecule has 1 aliphatic heterocycles. The lowest BCUT2D eigenvalue weighted by molar-refractivity contribution is 1.05. The summed E-state index contributed by atoms with van der Waals surface area (Å²) in [4.78, 5) is 4.32. The van der Waals surface area contributed by atoms with Crippen LogP contribution in [0.1, 0.15) is 5.56 Å². The van der Waals surface area contributed by atoms with Gasteiger partial charge in [0.25, 0.3) is 0 Å². The quantitative estimate of drug-likeness (QED) is 0.712. The van der Waals surface area contributed by atoms with Gasteiger partial charge in [0.15, 0.2) is 5.50 Å². The topological polar surface area (TPSA) is 24.4 Å². The van der Waals surface area contributed by atoms with E-state index in [9.17, 15) is 0 Å². The van der Waals surface area contributed by atoms with Crippen molar-refractivity contribution in [2.75, 3.05) is 11.6 Å². The summed E-state index contributed by atoms with van der Waals surface area (Å²) < 4.78 is 0. The molecule has 0 aromatic heterocycles. The maximum absolute atomic E-state index is 4.32. The Bertz CT molecular complexity index is 309. The van der Waals surface area contributed by atoms with Crippen LogP contribution in [0.2, 0.25) is 0 Å². The number of thioether (sulfide) groups is 1. The van der Waals surface area contributed by atoms with Crippen molar-refractivity contribution in [2.24, 2.45) is 4.99 Å². The average molecular weight is 178 g/mol. The molecule has 0 spiro atoms. The molecule has 1 atom stereocenters. The number of aliphatic imine (C=N–C) groups is 1. The fourth-order valence-electron chi connectivity index (χ4n) is 1.18. The SMILES string of the molecule is CSC1N=Cc2ccccc2N1. The van der Waals surface area contributed by atoms with Gasteiger partial charge in [-0.25, -0.2) is 0 Å². The molecule has 0 aliphatic carbocycles. The average Bonchev–Trinajstić information content (AvgIpc) is 2.17. The van der Waals surface area contributed by atoms with Gasteiger partial charge in [-0.2, -0.15) is 0 Å². The molecule has 0 saturated carbocycles. The van der Waals surface area contributed by atoms with Crippen LogP contribution >= 0.6 is 11.8 Å². The van der Waals surface area contributed by atoms with Crippen molar-refractivity contribution >= 4 is 23.7 Å². The summed E-state index contributed by atoms with van der Waals surface area (Å²) >= 11 is 1.70. The molecule has 0 fully saturated rings. The van der Waals surface area contributed by atoms with Crippen LogP contribution in [0.4, 0.5) is 5.69 Å². The highest BCUT2D eigenvalue weighted by atomic mass is 32.2. The van der Waals surface area contributed by atoms with Crippen LogP contribution < -0.4 is 5.32 Å². The molecule has 1 heterocycles. The Hall–Kier alpha value is -0.960. The lowest BCUT2D eigenvalue weighted by Crippen LogP contribution is -2.17. The second-order valence-electron chi connectivity index (χ2n) is 2.60. The first-order valence-electron chi connectivity index (χ1n) is 3.82. The Labute approximate surface area is 76.1 Å². The lowest BCUT2D eigenvalue weighted by atomic mass is 10.2. The number of hydrogen-bond acceptors (Lipinski definition) is 3. The highest BCUT2D eigenvalue weighted by molar-refractivity contribution is 7.99. The van der Waals surface area contributed by atoms with Crippen LogP contribution in [-0.2, 0) is 0 Å². The van der Waals surface area contributed by atoms with Crippen molar-refractivity contribution in [3.8, 4) is 0 Å². The van der Waals surface area contributed by atoms with Crippen LogP contribution in [0.5, 0.6) is 0 Å². The summed E-state index contributed by atoms with van der Waals surface area (Å²) in [6.45, 7) is 0. The van der Waals surface area contributed by atoms with Gasteiger partial charge in [0.1, 0.15) is 0 Å². The molecule has 3 heteroatoms. The van der Waals surface area contributed by atoms with E-state index in [1.54, 1.807) is 11.8 Å². The van der Waals surface area contributed by atoms with Gasteiger partial charge in [-0.05, 0) is 12.3 Å². The summed E-state index contributed by atoms with van der Waals surface area (Å²) in [5.74, 6) is 0. The number of nitrogens with one attached hydrogen (secondary N) is 1. The minimum absolute atomic E-state index is 0.180. The Balaban J connectivity index is 2.33. The van der Waals surface area contributed by atoms with Gasteiger partial charge in [-0.3, -0.25) is 4.99 Å². The lowest BCUT2D eigenvalue weighted by Gasteiger charge is -2.19. The maximum atomic E-state index is 4.32. The molecule has 0 amide bonds. The van der Waals surface area contributed by atoms with Gasteiger partial charge in [0, 0.05) is 17.5 Å². The molecule has 1 N–H and O–H groups in total. The molecule has 2 rings (SSSR count). The molecule has 12 heavy (non-hydrogen) atoms. The zero-order chi connectivity index (χ0) is 8.39. The van der Waals surface area contributed by atoms with E-state index < -0.39 is 0 Å². The minimum Gasteiger partial charge on any atom is -0.355 e. The predicted molar refractivity (Wildman–Crippen MR) is 55.0 cm³/mol. The van der Waals surface area contributed by atoms with E-state index in [2.05, 4.69) is 22.4 Å². The summed E-state index contributed by atoms with van der Waals surface area (Å²) in [5.41, 5.74) is 2.52. The van der Waals surface area contributed by atoms with E-state index in [0.29, 0.717) is 0 Å². The second-order valence-corrected chi connectivity index (χ2v) is 3.52. The van der Waals surface area contributed by atoms with Crippen LogP contribution in [-0.4, -0.2) is 18.0 Å². The van der Waals surface area contributed by atoms with Gasteiger partial charge in [-0.1, -0.05) is 18.2 Å². The first-order valence-corrected chi connectivity index (χ1v) is 5.10. The van der Waals surface area contributed by atoms with E-state index in [-0.39, 0.29) is 5.50 Å². The minimum atomic E-state index is 0.180. The molecule has 2 nitrogen and oxygen atoms in total. The molecule has 0 radical (unpaired) electrons. The Morgan fingerprint density at radius 1 is 1.42 bits per heavy atom. The van der Waals surface area contributed by atoms with E-state index in [4.69, 9.17) is 0 Å². The van der Waals surface area contributed by atoms with Crippen LogP contribution in [0.25, 0.3) is 0 Å². The zero-order valence-corrected chi connectivity index (χ0v) is 7.64. The molecule has 1 aromatic carbocycles. The number of fused-ring (bicyclic) bond motifs is 1. The second kappa shape index (κ2) is 3.19. The molecule has 0 saturated heterocycles. The van der Waals surface area contributed by atoms with Crippen molar-refractivity contribution in [3.05, 3.63) is 29.8 Å². The van der Waals surface area contributed by atoms with E-state index in [1.165, 1.54) is 11.3 Å². The highest BCUT2D eigenvalue weighted by Gasteiger charge is 2.10. The third-order valence-electron chi connectivity index (χ3n) is 1.81. The standard InChI is InChI=1S/C9H10N2S/c1-12-9-10-6-7-4-2-3-5-8(7)11-9/h2-6,9,11H,1H3. The van der Waals surface area contributed by atoms with Gasteiger partial charge in [0.2, 0.25) is 0 Å². The first kappa shape index (κ1) is 7.68. The van der Waals surface area contributed by atoms with E-state index in [0.717, 1.165) is 0 Å². The summed E-state index contributed by atoms with van der Waals surface area (Å²) in [6.07, 6.45) is 3.97. The van der Waals surface area contributed by atoms with Crippen molar-refractivity contribution in [2.45, 2.75) is 5.50 Å². The number of hydrogen-bond donors (Lipinski definition) is 1. The van der Waals surface area contributed by atoms with Gasteiger partial charge in [-0.15, -0.1) is 11.8 Å². The van der Waals surface area contributed by atoms with E-state index >= 15 is 0 Å². The summed E-state index contributed by atoms with van der Waals surface area (Å²) in [7, 11) is 0. The molecule has 1 unspecified atom stereocenters. The van der Waals surface area contributed by atoms with Crippen LogP contribution in [0.15, 0.2) is 29.3 Å². The Morgan fingerprint density at radius 2 is 2.25 bits per heavy atom. The van der Waals surface area contributed by atoms with Crippen LogP contribution in [0, 0.1) is 0 Å². The van der Waals surface area contributed by atoms with Gasteiger partial charge < -0.3 is 5.32 Å². The van der Waals surface area contributed by atoms with Gasteiger partial charge >= 0.3 is 0 Å². The number of para-hydroxylation sites is 1. The van der Waals surface area contributed by atoms with E-state index in [1.807, 2.05) is 24.6 Å². The third-order valence-corrected chi connectivity index (χ3v) is 2.50. The maximum Gasteiger partial charge on any atom is 0.166 e. The smallest absolute Gasteiger partial charge is 0.166 e. The fraction of sp³-hybridized carbons (Fsp3) is 0.222. The zero-order valence-electron chi connectivity index (χ0n) is 6.82. The molecule has 1 aliphatic rings. The Morgan fingerprint density at radius 3 is 3.08 bits per heavy atom. The number of rotatable bonds is 1. The molecule has 1 aromatic rings. The fourth-order valence-corrected chi connectivity index (χ4v) is 1.61. The number of benzene rings is 1.